The van der Waals surface area contributed by atoms with E-state index in [1.807, 2.05) is 42.5 Å². The van der Waals surface area contributed by atoms with Crippen molar-refractivity contribution in [3.63, 3.8) is 0 Å². The van der Waals surface area contributed by atoms with Gasteiger partial charge in [0.05, 0.1) is 11.3 Å². The molecule has 7 heteroatoms. The second kappa shape index (κ2) is 8.67. The molecule has 0 spiro atoms. The lowest BCUT2D eigenvalue weighted by molar-refractivity contribution is 0.0984. The third-order valence-corrected chi connectivity index (χ3v) is 6.42. The van der Waals surface area contributed by atoms with Crippen LogP contribution in [0.1, 0.15) is 27.9 Å². The van der Waals surface area contributed by atoms with Gasteiger partial charge in [-0.15, -0.1) is 0 Å². The number of fused-ring (bicyclic) bond motifs is 1. The van der Waals surface area contributed by atoms with Gasteiger partial charge < -0.3 is 4.90 Å². The second-order valence-corrected chi connectivity index (χ2v) is 9.14. The predicted molar refractivity (Wildman–Crippen MR) is 118 cm³/mol. The molecule has 0 unspecified atom stereocenters. The smallest absolute Gasteiger partial charge is 0.259 e. The molecular weight excluding hydrogens is 398 g/mol. The number of sulfonamides is 1. The van der Waals surface area contributed by atoms with Crippen LogP contribution in [0.2, 0.25) is 0 Å². The first kappa shape index (κ1) is 20.1. The maximum absolute atomic E-state index is 12.9. The summed E-state index contributed by atoms with van der Waals surface area (Å²) in [5, 5.41) is 0. The molecular formula is C23H23N3O3S. The molecule has 3 aromatic rings. The number of hydrogen-bond donors (Lipinski definition) is 1. The average molecular weight is 422 g/mol. The molecule has 1 N–H and O–H groups in total. The molecule has 2 heterocycles. The minimum atomic E-state index is -3.47. The molecule has 154 valence electrons. The Hall–Kier alpha value is -3.19. The third-order valence-electron chi connectivity index (χ3n) is 5.13. The lowest BCUT2D eigenvalue weighted by Crippen LogP contribution is -2.35. The van der Waals surface area contributed by atoms with Crippen molar-refractivity contribution in [2.24, 2.45) is 0 Å². The van der Waals surface area contributed by atoms with E-state index in [0.717, 1.165) is 29.7 Å². The SMILES string of the molecule is O=C(c1cccnc1)N1CCCc2cc(NS(=O)(=O)CCc3ccccc3)ccc21. The largest absolute Gasteiger partial charge is 0.308 e. The Kier molecular flexibility index (Phi) is 5.81. The number of hydrogen-bond acceptors (Lipinski definition) is 4. The molecule has 1 aromatic heterocycles. The summed E-state index contributed by atoms with van der Waals surface area (Å²) >= 11 is 0. The van der Waals surface area contributed by atoms with Gasteiger partial charge in [0.25, 0.3) is 5.91 Å². The van der Waals surface area contributed by atoms with Gasteiger partial charge in [-0.05, 0) is 60.7 Å². The van der Waals surface area contributed by atoms with E-state index >= 15 is 0 Å². The molecule has 1 aliphatic heterocycles. The summed E-state index contributed by atoms with van der Waals surface area (Å²) in [7, 11) is -3.47. The summed E-state index contributed by atoms with van der Waals surface area (Å²) in [6.45, 7) is 0.628. The van der Waals surface area contributed by atoms with Crippen LogP contribution in [0.4, 0.5) is 11.4 Å². The van der Waals surface area contributed by atoms with Crippen LogP contribution in [0.5, 0.6) is 0 Å². The van der Waals surface area contributed by atoms with Gasteiger partial charge in [0, 0.05) is 30.3 Å². The zero-order valence-electron chi connectivity index (χ0n) is 16.5. The summed E-state index contributed by atoms with van der Waals surface area (Å²) < 4.78 is 27.7. The van der Waals surface area contributed by atoms with Crippen molar-refractivity contribution in [1.29, 1.82) is 0 Å². The summed E-state index contributed by atoms with van der Waals surface area (Å²) in [5.41, 5.74) is 3.83. The summed E-state index contributed by atoms with van der Waals surface area (Å²) in [6.07, 6.45) is 5.27. The van der Waals surface area contributed by atoms with Gasteiger partial charge in [-0.25, -0.2) is 8.42 Å². The van der Waals surface area contributed by atoms with Gasteiger partial charge in [-0.1, -0.05) is 30.3 Å². The molecule has 6 nitrogen and oxygen atoms in total. The normalized spacial score (nSPS) is 13.5. The van der Waals surface area contributed by atoms with Crippen LogP contribution < -0.4 is 9.62 Å². The van der Waals surface area contributed by atoms with Gasteiger partial charge in [-0.3, -0.25) is 14.5 Å². The van der Waals surface area contributed by atoms with Gasteiger partial charge in [0.15, 0.2) is 0 Å². The van der Waals surface area contributed by atoms with E-state index in [-0.39, 0.29) is 11.7 Å². The van der Waals surface area contributed by atoms with Crippen molar-refractivity contribution in [1.82, 2.24) is 4.98 Å². The van der Waals surface area contributed by atoms with E-state index in [1.54, 1.807) is 35.5 Å². The van der Waals surface area contributed by atoms with Crippen LogP contribution in [0.15, 0.2) is 73.1 Å². The molecule has 0 atom stereocenters. The van der Waals surface area contributed by atoms with Crippen molar-refractivity contribution in [3.8, 4) is 0 Å². The zero-order valence-corrected chi connectivity index (χ0v) is 17.3. The van der Waals surface area contributed by atoms with Crippen molar-refractivity contribution >= 4 is 27.3 Å². The molecule has 0 aliphatic carbocycles. The fourth-order valence-corrected chi connectivity index (χ4v) is 4.74. The van der Waals surface area contributed by atoms with Crippen molar-refractivity contribution < 1.29 is 13.2 Å². The maximum Gasteiger partial charge on any atom is 0.259 e. The van der Waals surface area contributed by atoms with E-state index < -0.39 is 10.0 Å². The minimum Gasteiger partial charge on any atom is -0.308 e. The highest BCUT2D eigenvalue weighted by atomic mass is 32.2. The fourth-order valence-electron chi connectivity index (χ4n) is 3.64. The monoisotopic (exact) mass is 421 g/mol. The second-order valence-electron chi connectivity index (χ2n) is 7.30. The topological polar surface area (TPSA) is 79.4 Å². The summed E-state index contributed by atoms with van der Waals surface area (Å²) in [5.74, 6) is -0.0834. The first-order chi connectivity index (χ1) is 14.5. The summed E-state index contributed by atoms with van der Waals surface area (Å²) in [6, 6.07) is 18.4. The van der Waals surface area contributed by atoms with Gasteiger partial charge >= 0.3 is 0 Å². The fraction of sp³-hybridized carbons (Fsp3) is 0.217. The van der Waals surface area contributed by atoms with Crippen molar-refractivity contribution in [2.75, 3.05) is 21.9 Å². The highest BCUT2D eigenvalue weighted by Crippen LogP contribution is 2.31. The highest BCUT2D eigenvalue weighted by Gasteiger charge is 2.24. The van der Waals surface area contributed by atoms with Crippen LogP contribution >= 0.6 is 0 Å². The van der Waals surface area contributed by atoms with E-state index in [2.05, 4.69) is 9.71 Å². The van der Waals surface area contributed by atoms with Crippen LogP contribution in [0, 0.1) is 0 Å². The lowest BCUT2D eigenvalue weighted by atomic mass is 10.0. The Morgan fingerprint density at radius 1 is 1.07 bits per heavy atom. The van der Waals surface area contributed by atoms with E-state index in [1.165, 1.54) is 0 Å². The first-order valence-corrected chi connectivity index (χ1v) is 11.6. The van der Waals surface area contributed by atoms with E-state index in [4.69, 9.17) is 0 Å². The number of rotatable bonds is 6. The molecule has 1 aliphatic rings. The molecule has 0 saturated heterocycles. The van der Waals surface area contributed by atoms with Crippen LogP contribution in [0.25, 0.3) is 0 Å². The van der Waals surface area contributed by atoms with Gasteiger partial charge in [-0.2, -0.15) is 0 Å². The van der Waals surface area contributed by atoms with E-state index in [9.17, 15) is 13.2 Å². The van der Waals surface area contributed by atoms with Crippen molar-refractivity contribution in [3.05, 3.63) is 89.7 Å². The number of nitrogens with one attached hydrogen (secondary N) is 1. The van der Waals surface area contributed by atoms with Crippen LogP contribution in [-0.4, -0.2) is 31.6 Å². The molecule has 0 fully saturated rings. The highest BCUT2D eigenvalue weighted by molar-refractivity contribution is 7.92. The molecule has 30 heavy (non-hydrogen) atoms. The first-order valence-electron chi connectivity index (χ1n) is 9.91. The minimum absolute atomic E-state index is 0.0136. The van der Waals surface area contributed by atoms with Crippen LogP contribution in [-0.2, 0) is 22.9 Å². The standard InChI is InChI=1S/C23H23N3O3S/c27-23(20-8-4-13-24-17-20)26-14-5-9-19-16-21(10-11-22(19)26)25-30(28,29)15-12-18-6-2-1-3-7-18/h1-4,6-8,10-11,13,16-17,25H,5,9,12,14-15H2. The Bertz CT molecular complexity index is 1130. The maximum atomic E-state index is 12.9. The lowest BCUT2D eigenvalue weighted by Gasteiger charge is -2.30. The Balaban J connectivity index is 1.49. The van der Waals surface area contributed by atoms with Gasteiger partial charge in [0.2, 0.25) is 10.0 Å². The van der Waals surface area contributed by atoms with Crippen LogP contribution in [0.3, 0.4) is 0 Å². The number of carbonyl (C=O) groups is 1. The number of carbonyl (C=O) groups excluding carboxylic acids is 1. The molecule has 2 aromatic carbocycles. The zero-order chi connectivity index (χ0) is 21.0. The number of anilines is 2. The Morgan fingerprint density at radius 2 is 1.90 bits per heavy atom. The number of pyridine rings is 1. The Morgan fingerprint density at radius 3 is 2.67 bits per heavy atom. The molecule has 0 bridgehead atoms. The number of nitrogens with zero attached hydrogens (tertiary/aromatic N) is 2. The molecule has 0 saturated carbocycles. The van der Waals surface area contributed by atoms with Gasteiger partial charge in [0.1, 0.15) is 0 Å². The molecule has 0 radical (unpaired) electrons. The number of aromatic nitrogens is 1. The number of amides is 1. The predicted octanol–water partition coefficient (Wildman–Crippen LogP) is 3.66. The van der Waals surface area contributed by atoms with Crippen molar-refractivity contribution in [2.45, 2.75) is 19.3 Å². The average Bonchev–Trinajstić information content (AvgIpc) is 2.78. The number of aryl methyl sites for hydroxylation is 2. The molecule has 4 rings (SSSR count). The quantitative estimate of drug-likeness (QED) is 0.659. The molecule has 1 amide bonds. The third kappa shape index (κ3) is 4.68. The Labute approximate surface area is 176 Å². The number of benzene rings is 2. The summed E-state index contributed by atoms with van der Waals surface area (Å²) in [4.78, 5) is 18.6. The van der Waals surface area contributed by atoms with E-state index in [0.29, 0.717) is 24.2 Å².